The van der Waals surface area contributed by atoms with Gasteiger partial charge >= 0.3 is 0 Å². The van der Waals surface area contributed by atoms with E-state index in [1.807, 2.05) is 0 Å². The van der Waals surface area contributed by atoms with E-state index >= 15 is 0 Å². The molecule has 4 aliphatic heterocycles. The highest BCUT2D eigenvalue weighted by Gasteiger charge is 2.22. The lowest BCUT2D eigenvalue weighted by Gasteiger charge is -2.39. The molecule has 0 amide bonds. The molecule has 0 bridgehead atoms. The number of hydrogen-bond acceptors (Lipinski definition) is 6. The fourth-order valence-corrected chi connectivity index (χ4v) is 3.32. The van der Waals surface area contributed by atoms with Gasteiger partial charge in [-0.3, -0.25) is 9.98 Å². The van der Waals surface area contributed by atoms with E-state index in [2.05, 4.69) is 37.0 Å². The summed E-state index contributed by atoms with van der Waals surface area (Å²) in [5.41, 5.74) is 0. The van der Waals surface area contributed by atoms with Gasteiger partial charge in [0.2, 0.25) is 0 Å². The second-order valence-corrected chi connectivity index (χ2v) is 6.12. The second kappa shape index (κ2) is 7.00. The second-order valence-electron chi connectivity index (χ2n) is 6.12. The zero-order valence-corrected chi connectivity index (χ0v) is 13.2. The quantitative estimate of drug-likeness (QED) is 0.703. The van der Waals surface area contributed by atoms with E-state index < -0.39 is 0 Å². The first-order valence-electron chi connectivity index (χ1n) is 8.38. The Labute approximate surface area is 127 Å². The SMILES string of the molecule is C1CN=C2NCCCN2C1.CN1CCCN2CCCN=C12. The summed E-state index contributed by atoms with van der Waals surface area (Å²) < 4.78 is 0. The standard InChI is InChI=1S/C8H15N3.C7H13N3/c1-10-5-3-7-11-6-2-4-9-8(10)11;1-3-8-7-9-4-2-6-10(7)5-1/h2-7H2,1H3;1-6H2,(H,8,9). The maximum Gasteiger partial charge on any atom is 0.196 e. The summed E-state index contributed by atoms with van der Waals surface area (Å²) in [4.78, 5) is 15.9. The van der Waals surface area contributed by atoms with Crippen LogP contribution in [0, 0.1) is 0 Å². The van der Waals surface area contributed by atoms with Crippen LogP contribution in [0.3, 0.4) is 0 Å². The lowest BCUT2D eigenvalue weighted by molar-refractivity contribution is 0.269. The van der Waals surface area contributed by atoms with Gasteiger partial charge in [0, 0.05) is 59.4 Å². The molecule has 0 aliphatic carbocycles. The van der Waals surface area contributed by atoms with E-state index in [1.165, 1.54) is 64.4 Å². The van der Waals surface area contributed by atoms with Crippen molar-refractivity contribution in [3.05, 3.63) is 0 Å². The highest BCUT2D eigenvalue weighted by molar-refractivity contribution is 5.81. The normalized spacial score (nSPS) is 24.7. The molecule has 118 valence electrons. The van der Waals surface area contributed by atoms with Gasteiger partial charge in [0.15, 0.2) is 11.9 Å². The fraction of sp³-hybridized carbons (Fsp3) is 0.867. The Morgan fingerprint density at radius 2 is 1.52 bits per heavy atom. The minimum absolute atomic E-state index is 1.01. The summed E-state index contributed by atoms with van der Waals surface area (Å²) in [6.45, 7) is 9.14. The summed E-state index contributed by atoms with van der Waals surface area (Å²) in [5, 5.41) is 3.30. The van der Waals surface area contributed by atoms with Gasteiger partial charge in [-0.05, 0) is 25.7 Å². The number of hydrogen-bond donors (Lipinski definition) is 1. The summed E-state index contributed by atoms with van der Waals surface area (Å²) in [5.74, 6) is 2.36. The Bertz CT molecular complexity index is 405. The molecule has 6 nitrogen and oxygen atoms in total. The van der Waals surface area contributed by atoms with E-state index in [0.29, 0.717) is 0 Å². The first kappa shape index (κ1) is 14.5. The Morgan fingerprint density at radius 1 is 0.810 bits per heavy atom. The number of nitrogens with one attached hydrogen (secondary N) is 1. The van der Waals surface area contributed by atoms with E-state index in [-0.39, 0.29) is 0 Å². The summed E-state index contributed by atoms with van der Waals surface area (Å²) in [6.07, 6.45) is 5.01. The van der Waals surface area contributed by atoms with Crippen LogP contribution in [0.5, 0.6) is 0 Å². The van der Waals surface area contributed by atoms with E-state index in [4.69, 9.17) is 0 Å². The third kappa shape index (κ3) is 3.60. The molecule has 1 N–H and O–H groups in total. The zero-order chi connectivity index (χ0) is 14.5. The summed E-state index contributed by atoms with van der Waals surface area (Å²) in [6, 6.07) is 0. The lowest BCUT2D eigenvalue weighted by Crippen LogP contribution is -2.50. The van der Waals surface area contributed by atoms with Crippen molar-refractivity contribution in [3.63, 3.8) is 0 Å². The largest absolute Gasteiger partial charge is 0.356 e. The van der Waals surface area contributed by atoms with Crippen LogP contribution in [0.15, 0.2) is 9.98 Å². The molecule has 2 fully saturated rings. The van der Waals surface area contributed by atoms with Crippen LogP contribution in [0.25, 0.3) is 0 Å². The topological polar surface area (TPSA) is 46.5 Å². The highest BCUT2D eigenvalue weighted by atomic mass is 15.4. The van der Waals surface area contributed by atoms with Crippen molar-refractivity contribution in [1.29, 1.82) is 0 Å². The van der Waals surface area contributed by atoms with E-state index in [0.717, 1.165) is 25.6 Å². The van der Waals surface area contributed by atoms with Gasteiger partial charge in [0.1, 0.15) is 0 Å². The summed E-state index contributed by atoms with van der Waals surface area (Å²) in [7, 11) is 2.14. The number of fused-ring (bicyclic) bond motifs is 2. The van der Waals surface area contributed by atoms with Crippen LogP contribution >= 0.6 is 0 Å². The van der Waals surface area contributed by atoms with E-state index in [9.17, 15) is 0 Å². The molecule has 4 aliphatic rings. The maximum absolute atomic E-state index is 4.50. The van der Waals surface area contributed by atoms with Crippen LogP contribution in [0.4, 0.5) is 0 Å². The molecule has 0 atom stereocenters. The minimum atomic E-state index is 1.01. The average Bonchev–Trinajstić information content (AvgIpc) is 2.56. The molecule has 0 aromatic heterocycles. The van der Waals surface area contributed by atoms with Crippen LogP contribution in [0.1, 0.15) is 25.7 Å². The molecular weight excluding hydrogens is 264 g/mol. The molecule has 0 aromatic rings. The maximum atomic E-state index is 4.50. The molecule has 2 saturated heterocycles. The summed E-state index contributed by atoms with van der Waals surface area (Å²) >= 11 is 0. The molecule has 0 aromatic carbocycles. The van der Waals surface area contributed by atoms with Gasteiger partial charge in [-0.15, -0.1) is 0 Å². The first-order valence-corrected chi connectivity index (χ1v) is 8.38. The monoisotopic (exact) mass is 292 g/mol. The number of aliphatic imine (C=N–C) groups is 2. The minimum Gasteiger partial charge on any atom is -0.356 e. The first-order chi connectivity index (χ1) is 10.3. The van der Waals surface area contributed by atoms with Crippen molar-refractivity contribution in [1.82, 2.24) is 20.0 Å². The van der Waals surface area contributed by atoms with Crippen molar-refractivity contribution in [2.75, 3.05) is 59.4 Å². The van der Waals surface area contributed by atoms with Crippen molar-refractivity contribution < 1.29 is 0 Å². The molecule has 21 heavy (non-hydrogen) atoms. The molecule has 6 heteroatoms. The number of nitrogens with zero attached hydrogens (tertiary/aromatic N) is 5. The molecule has 4 heterocycles. The lowest BCUT2D eigenvalue weighted by atomic mass is 10.2. The van der Waals surface area contributed by atoms with Crippen LogP contribution in [-0.2, 0) is 0 Å². The van der Waals surface area contributed by atoms with Gasteiger partial charge in [0.05, 0.1) is 0 Å². The zero-order valence-electron chi connectivity index (χ0n) is 13.2. The third-order valence-corrected chi connectivity index (χ3v) is 4.42. The molecule has 4 rings (SSSR count). The van der Waals surface area contributed by atoms with Gasteiger partial charge in [-0.1, -0.05) is 0 Å². The Morgan fingerprint density at radius 3 is 2.33 bits per heavy atom. The van der Waals surface area contributed by atoms with Crippen LogP contribution in [-0.4, -0.2) is 86.0 Å². The Kier molecular flexibility index (Phi) is 4.83. The predicted octanol–water partition coefficient (Wildman–Crippen LogP) is 0.425. The van der Waals surface area contributed by atoms with E-state index in [1.54, 1.807) is 0 Å². The average molecular weight is 292 g/mol. The van der Waals surface area contributed by atoms with Gasteiger partial charge in [0.25, 0.3) is 0 Å². The number of guanidine groups is 2. The van der Waals surface area contributed by atoms with Crippen molar-refractivity contribution in [3.8, 4) is 0 Å². The van der Waals surface area contributed by atoms with Gasteiger partial charge in [-0.2, -0.15) is 0 Å². The Balaban J connectivity index is 0.000000126. The van der Waals surface area contributed by atoms with Crippen LogP contribution < -0.4 is 5.32 Å². The Hall–Kier alpha value is -1.46. The van der Waals surface area contributed by atoms with Crippen molar-refractivity contribution >= 4 is 11.9 Å². The van der Waals surface area contributed by atoms with Gasteiger partial charge < -0.3 is 20.0 Å². The molecule has 0 saturated carbocycles. The third-order valence-electron chi connectivity index (χ3n) is 4.42. The van der Waals surface area contributed by atoms with Crippen LogP contribution in [0.2, 0.25) is 0 Å². The number of rotatable bonds is 0. The van der Waals surface area contributed by atoms with Crippen molar-refractivity contribution in [2.45, 2.75) is 25.7 Å². The van der Waals surface area contributed by atoms with Crippen molar-refractivity contribution in [2.24, 2.45) is 9.98 Å². The smallest absolute Gasteiger partial charge is 0.196 e. The predicted molar refractivity (Wildman–Crippen MR) is 86.9 cm³/mol. The molecule has 0 unspecified atom stereocenters. The fourth-order valence-electron chi connectivity index (χ4n) is 3.32. The highest BCUT2D eigenvalue weighted by Crippen LogP contribution is 2.11. The molecule has 0 radical (unpaired) electrons. The molecule has 0 spiro atoms. The van der Waals surface area contributed by atoms with Gasteiger partial charge in [-0.25, -0.2) is 0 Å². The molecular formula is C15H28N6.